The molecule has 1 N–H and O–H groups in total. The highest BCUT2D eigenvalue weighted by molar-refractivity contribution is 7.89. The average Bonchev–Trinajstić information content (AvgIpc) is 2.92. The van der Waals surface area contributed by atoms with Crippen LogP contribution in [0.15, 0.2) is 46.0 Å². The third kappa shape index (κ3) is 3.88. The van der Waals surface area contributed by atoms with Crippen molar-refractivity contribution < 1.29 is 12.8 Å². The predicted molar refractivity (Wildman–Crippen MR) is 82.3 cm³/mol. The molecule has 0 unspecified atom stereocenters. The number of thiophene rings is 1. The normalized spacial score (nSPS) is 13.5. The van der Waals surface area contributed by atoms with E-state index in [0.717, 1.165) is 11.6 Å². The second kappa shape index (κ2) is 6.65. The summed E-state index contributed by atoms with van der Waals surface area (Å²) in [4.78, 5) is 1.60. The Morgan fingerprint density at radius 2 is 2.00 bits per heavy atom. The van der Waals surface area contributed by atoms with Crippen molar-refractivity contribution in [3.8, 4) is 0 Å². The van der Waals surface area contributed by atoms with Gasteiger partial charge in [0.15, 0.2) is 0 Å². The van der Waals surface area contributed by atoms with E-state index < -0.39 is 15.8 Å². The highest BCUT2D eigenvalue weighted by Gasteiger charge is 2.22. The van der Waals surface area contributed by atoms with Crippen LogP contribution in [0.5, 0.6) is 0 Å². The maximum Gasteiger partial charge on any atom is 0.243 e. The number of sulfonamides is 1. The first-order valence-corrected chi connectivity index (χ1v) is 8.77. The third-order valence-electron chi connectivity index (χ3n) is 3.14. The quantitative estimate of drug-likeness (QED) is 0.886. The summed E-state index contributed by atoms with van der Waals surface area (Å²) < 4.78 is 40.5. The fourth-order valence-corrected chi connectivity index (χ4v) is 3.81. The van der Waals surface area contributed by atoms with E-state index in [-0.39, 0.29) is 17.5 Å². The minimum absolute atomic E-state index is 0.0993. The molecule has 0 spiro atoms. The van der Waals surface area contributed by atoms with Crippen LogP contribution in [0.1, 0.15) is 11.6 Å². The molecule has 0 aliphatic rings. The van der Waals surface area contributed by atoms with Gasteiger partial charge in [0.25, 0.3) is 0 Å². The van der Waals surface area contributed by atoms with E-state index in [9.17, 15) is 12.8 Å². The Balaban J connectivity index is 2.16. The zero-order valence-corrected chi connectivity index (χ0v) is 13.4. The van der Waals surface area contributed by atoms with Crippen molar-refractivity contribution in [3.63, 3.8) is 0 Å². The van der Waals surface area contributed by atoms with Crippen molar-refractivity contribution >= 4 is 21.4 Å². The molecule has 7 heteroatoms. The number of nitrogens with one attached hydrogen (secondary N) is 1. The molecule has 0 radical (unpaired) electrons. The SMILES string of the molecule is CN(C)[C@H](CNS(=O)(=O)c1ccccc1F)c1ccsc1. The smallest absolute Gasteiger partial charge is 0.243 e. The lowest BCUT2D eigenvalue weighted by Crippen LogP contribution is -2.34. The standard InChI is InChI=1S/C14H17FN2O2S2/c1-17(2)13(11-7-8-20-10-11)9-16-21(18,19)14-6-4-3-5-12(14)15/h3-8,10,13,16H,9H2,1-2H3/t13-/m1/s1. The molecular weight excluding hydrogens is 311 g/mol. The zero-order valence-electron chi connectivity index (χ0n) is 11.8. The molecule has 1 aromatic carbocycles. The molecule has 0 amide bonds. The van der Waals surface area contributed by atoms with E-state index in [4.69, 9.17) is 0 Å². The third-order valence-corrected chi connectivity index (χ3v) is 5.30. The van der Waals surface area contributed by atoms with Crippen molar-refractivity contribution in [3.05, 3.63) is 52.5 Å². The van der Waals surface area contributed by atoms with Gasteiger partial charge in [-0.15, -0.1) is 0 Å². The largest absolute Gasteiger partial charge is 0.301 e. The molecule has 1 heterocycles. The number of benzene rings is 1. The minimum atomic E-state index is -3.86. The topological polar surface area (TPSA) is 49.4 Å². The lowest BCUT2D eigenvalue weighted by Gasteiger charge is -2.24. The van der Waals surface area contributed by atoms with Crippen LogP contribution in [-0.4, -0.2) is 34.0 Å². The Kier molecular flexibility index (Phi) is 5.10. The van der Waals surface area contributed by atoms with Gasteiger partial charge in [-0.05, 0) is 48.6 Å². The van der Waals surface area contributed by atoms with Crippen LogP contribution in [0.3, 0.4) is 0 Å². The molecule has 0 aliphatic heterocycles. The van der Waals surface area contributed by atoms with Gasteiger partial charge in [-0.3, -0.25) is 0 Å². The highest BCUT2D eigenvalue weighted by atomic mass is 32.2. The van der Waals surface area contributed by atoms with Gasteiger partial charge in [0, 0.05) is 12.6 Å². The second-order valence-electron chi connectivity index (χ2n) is 4.82. The van der Waals surface area contributed by atoms with Gasteiger partial charge in [-0.2, -0.15) is 11.3 Å². The molecule has 2 aromatic rings. The molecule has 0 fully saturated rings. The maximum atomic E-state index is 13.6. The molecule has 21 heavy (non-hydrogen) atoms. The molecule has 1 aromatic heterocycles. The summed E-state index contributed by atoms with van der Waals surface area (Å²) in [5.41, 5.74) is 1.03. The monoisotopic (exact) mass is 328 g/mol. The number of hydrogen-bond acceptors (Lipinski definition) is 4. The summed E-state index contributed by atoms with van der Waals surface area (Å²) in [5, 5.41) is 3.92. The van der Waals surface area contributed by atoms with Crippen LogP contribution in [0.2, 0.25) is 0 Å². The van der Waals surface area contributed by atoms with Crippen molar-refractivity contribution in [2.24, 2.45) is 0 Å². The number of halogens is 1. The lowest BCUT2D eigenvalue weighted by atomic mass is 10.1. The Labute approximate surface area is 128 Å². The molecule has 0 saturated carbocycles. The number of hydrogen-bond donors (Lipinski definition) is 1. The predicted octanol–water partition coefficient (Wildman–Crippen LogP) is 2.47. The summed E-state index contributed by atoms with van der Waals surface area (Å²) in [6, 6.07) is 7.21. The zero-order chi connectivity index (χ0) is 15.5. The number of nitrogens with zero attached hydrogens (tertiary/aromatic N) is 1. The van der Waals surface area contributed by atoms with Crippen LogP contribution in [0, 0.1) is 5.82 Å². The first kappa shape index (κ1) is 16.1. The van der Waals surface area contributed by atoms with Crippen LogP contribution < -0.4 is 4.72 Å². The molecule has 2 rings (SSSR count). The van der Waals surface area contributed by atoms with Crippen LogP contribution in [-0.2, 0) is 10.0 Å². The summed E-state index contributed by atoms with van der Waals surface area (Å²) in [6.07, 6.45) is 0. The molecule has 0 aliphatic carbocycles. The van der Waals surface area contributed by atoms with Crippen molar-refractivity contribution in [2.75, 3.05) is 20.6 Å². The fourth-order valence-electron chi connectivity index (χ4n) is 1.99. The highest BCUT2D eigenvalue weighted by Crippen LogP contribution is 2.21. The maximum absolute atomic E-state index is 13.6. The summed E-state index contributed by atoms with van der Waals surface area (Å²) in [7, 11) is -0.109. The first-order chi connectivity index (χ1) is 9.92. The number of likely N-dealkylation sites (N-methyl/N-ethyl adjacent to an activating group) is 1. The molecule has 1 atom stereocenters. The van der Waals surface area contributed by atoms with Crippen molar-refractivity contribution in [2.45, 2.75) is 10.9 Å². The number of rotatable bonds is 6. The summed E-state index contributed by atoms with van der Waals surface area (Å²) >= 11 is 1.55. The van der Waals surface area contributed by atoms with Gasteiger partial charge >= 0.3 is 0 Å². The van der Waals surface area contributed by atoms with E-state index in [1.165, 1.54) is 18.2 Å². The van der Waals surface area contributed by atoms with Crippen molar-refractivity contribution in [1.82, 2.24) is 9.62 Å². The first-order valence-electron chi connectivity index (χ1n) is 6.34. The van der Waals surface area contributed by atoms with Crippen LogP contribution in [0.25, 0.3) is 0 Å². The van der Waals surface area contributed by atoms with E-state index >= 15 is 0 Å². The van der Waals surface area contributed by atoms with E-state index in [1.54, 1.807) is 11.3 Å². The van der Waals surface area contributed by atoms with Gasteiger partial charge in [0.1, 0.15) is 10.7 Å². The lowest BCUT2D eigenvalue weighted by molar-refractivity contribution is 0.300. The van der Waals surface area contributed by atoms with Crippen molar-refractivity contribution in [1.29, 1.82) is 0 Å². The Morgan fingerprint density at radius 3 is 2.57 bits per heavy atom. The van der Waals surface area contributed by atoms with Gasteiger partial charge < -0.3 is 4.90 Å². The Bertz CT molecular complexity index is 685. The fraction of sp³-hybridized carbons (Fsp3) is 0.286. The molecule has 114 valence electrons. The van der Waals surface area contributed by atoms with E-state index in [1.807, 2.05) is 35.8 Å². The summed E-state index contributed by atoms with van der Waals surface area (Å²) in [5.74, 6) is -0.748. The Morgan fingerprint density at radius 1 is 1.29 bits per heavy atom. The van der Waals surface area contributed by atoms with Gasteiger partial charge in [0.2, 0.25) is 10.0 Å². The van der Waals surface area contributed by atoms with E-state index in [0.29, 0.717) is 0 Å². The minimum Gasteiger partial charge on any atom is -0.301 e. The summed E-state index contributed by atoms with van der Waals surface area (Å²) in [6.45, 7) is 0.181. The van der Waals surface area contributed by atoms with Gasteiger partial charge in [-0.1, -0.05) is 12.1 Å². The van der Waals surface area contributed by atoms with Crippen LogP contribution >= 0.6 is 11.3 Å². The van der Waals surface area contributed by atoms with E-state index in [2.05, 4.69) is 4.72 Å². The van der Waals surface area contributed by atoms with Gasteiger partial charge in [0.05, 0.1) is 0 Å². The second-order valence-corrected chi connectivity index (χ2v) is 7.33. The average molecular weight is 328 g/mol. The molecule has 4 nitrogen and oxygen atoms in total. The molecule has 0 bridgehead atoms. The Hall–Kier alpha value is -1.28. The van der Waals surface area contributed by atoms with Gasteiger partial charge in [-0.25, -0.2) is 17.5 Å². The molecule has 0 saturated heterocycles. The van der Waals surface area contributed by atoms with Crippen LogP contribution in [0.4, 0.5) is 4.39 Å². The molecular formula is C14H17FN2O2S2.